The summed E-state index contributed by atoms with van der Waals surface area (Å²) in [6.07, 6.45) is 2.36. The topological polar surface area (TPSA) is 88.2 Å². The third-order valence-corrected chi connectivity index (χ3v) is 4.24. The van der Waals surface area contributed by atoms with E-state index in [1.54, 1.807) is 0 Å². The molecule has 6 nitrogen and oxygen atoms in total. The van der Waals surface area contributed by atoms with E-state index in [9.17, 15) is 9.90 Å². The Labute approximate surface area is 111 Å². The van der Waals surface area contributed by atoms with Crippen LogP contribution in [0.5, 0.6) is 0 Å². The number of carboxylic acids is 1. The van der Waals surface area contributed by atoms with Gasteiger partial charge < -0.3 is 14.9 Å². The van der Waals surface area contributed by atoms with Crippen molar-refractivity contribution < 1.29 is 14.4 Å². The predicted octanol–water partition coefficient (Wildman–Crippen LogP) is 2.03. The van der Waals surface area contributed by atoms with Crippen LogP contribution >= 0.6 is 0 Å². The summed E-state index contributed by atoms with van der Waals surface area (Å²) >= 11 is 0. The van der Waals surface area contributed by atoms with Crippen LogP contribution in [0.1, 0.15) is 45.9 Å². The first kappa shape index (κ1) is 12.4. The second kappa shape index (κ2) is 3.71. The van der Waals surface area contributed by atoms with Gasteiger partial charge in [-0.2, -0.15) is 4.98 Å². The molecule has 0 aromatic carbocycles. The maximum Gasteiger partial charge on any atom is 0.310 e. The molecule has 104 valence electrons. The molecule has 0 saturated heterocycles. The van der Waals surface area contributed by atoms with Crippen LogP contribution in [-0.4, -0.2) is 27.3 Å². The number of nitrogens with one attached hydrogen (secondary N) is 1. The number of fused-ring (bicyclic) bond motifs is 1. The Morgan fingerprint density at radius 2 is 2.21 bits per heavy atom. The van der Waals surface area contributed by atoms with Crippen molar-refractivity contribution in [1.29, 1.82) is 0 Å². The van der Waals surface area contributed by atoms with Crippen molar-refractivity contribution in [3.05, 3.63) is 5.89 Å². The summed E-state index contributed by atoms with van der Waals surface area (Å²) in [6.45, 7) is 6.03. The zero-order valence-corrected chi connectivity index (χ0v) is 11.4. The number of aromatic nitrogens is 2. The highest BCUT2D eigenvalue weighted by molar-refractivity contribution is 5.79. The molecule has 0 radical (unpaired) electrons. The summed E-state index contributed by atoms with van der Waals surface area (Å²) < 4.78 is 5.21. The number of nitrogens with zero attached hydrogens (tertiary/aromatic N) is 2. The van der Waals surface area contributed by atoms with Gasteiger partial charge in [0.2, 0.25) is 5.89 Å². The molecule has 1 aromatic rings. The quantitative estimate of drug-likeness (QED) is 0.869. The zero-order valence-electron chi connectivity index (χ0n) is 11.4. The highest BCUT2D eigenvalue weighted by Crippen LogP contribution is 2.63. The van der Waals surface area contributed by atoms with Crippen LogP contribution in [0.15, 0.2) is 4.52 Å². The molecule has 6 heteroatoms. The molecule has 2 fully saturated rings. The number of anilines is 1. The normalized spacial score (nSPS) is 33.0. The fourth-order valence-corrected chi connectivity index (χ4v) is 3.03. The van der Waals surface area contributed by atoms with Crippen LogP contribution < -0.4 is 5.32 Å². The van der Waals surface area contributed by atoms with Crippen LogP contribution in [-0.2, 0) is 10.2 Å². The molecule has 0 amide bonds. The molecular formula is C13H19N3O3. The number of carboxylic acid groups (broad SMARTS) is 1. The lowest BCUT2D eigenvalue weighted by molar-refractivity contribution is -0.143. The Morgan fingerprint density at radius 1 is 1.47 bits per heavy atom. The lowest BCUT2D eigenvalue weighted by atomic mass is 9.97. The van der Waals surface area contributed by atoms with E-state index < -0.39 is 11.4 Å². The van der Waals surface area contributed by atoms with Gasteiger partial charge in [0.15, 0.2) is 0 Å². The minimum absolute atomic E-state index is 0.139. The van der Waals surface area contributed by atoms with E-state index in [1.807, 2.05) is 20.8 Å². The van der Waals surface area contributed by atoms with Crippen LogP contribution in [0.4, 0.5) is 5.95 Å². The summed E-state index contributed by atoms with van der Waals surface area (Å²) in [5, 5.41) is 16.3. The fourth-order valence-electron chi connectivity index (χ4n) is 3.03. The Morgan fingerprint density at radius 3 is 2.74 bits per heavy atom. The van der Waals surface area contributed by atoms with Crippen LogP contribution in [0, 0.1) is 11.3 Å². The molecule has 2 saturated carbocycles. The van der Waals surface area contributed by atoms with E-state index in [2.05, 4.69) is 15.5 Å². The monoisotopic (exact) mass is 265 g/mol. The molecule has 2 N–H and O–H groups in total. The van der Waals surface area contributed by atoms with Crippen LogP contribution in [0.3, 0.4) is 0 Å². The van der Waals surface area contributed by atoms with Crippen molar-refractivity contribution in [2.45, 2.75) is 51.5 Å². The van der Waals surface area contributed by atoms with Gasteiger partial charge in [0, 0.05) is 11.5 Å². The summed E-state index contributed by atoms with van der Waals surface area (Å²) in [7, 11) is 0. The molecule has 2 aliphatic rings. The Kier molecular flexibility index (Phi) is 2.43. The molecule has 0 aliphatic heterocycles. The van der Waals surface area contributed by atoms with E-state index in [1.165, 1.54) is 0 Å². The molecule has 0 spiro atoms. The zero-order chi connectivity index (χ0) is 13.8. The molecule has 3 atom stereocenters. The number of hydrogen-bond donors (Lipinski definition) is 2. The van der Waals surface area contributed by atoms with Gasteiger partial charge in [-0.05, 0) is 30.3 Å². The van der Waals surface area contributed by atoms with Gasteiger partial charge in [0.25, 0.3) is 5.95 Å². The van der Waals surface area contributed by atoms with Gasteiger partial charge in [0.1, 0.15) is 0 Å². The number of aliphatic carboxylic acids is 1. The highest BCUT2D eigenvalue weighted by atomic mass is 16.5. The third kappa shape index (κ3) is 1.99. The van der Waals surface area contributed by atoms with E-state index in [-0.39, 0.29) is 11.5 Å². The van der Waals surface area contributed by atoms with Crippen LogP contribution in [0.2, 0.25) is 0 Å². The van der Waals surface area contributed by atoms with E-state index in [0.29, 0.717) is 24.2 Å². The van der Waals surface area contributed by atoms with Crippen molar-refractivity contribution in [3.8, 4) is 0 Å². The molecule has 0 bridgehead atoms. The van der Waals surface area contributed by atoms with E-state index in [0.717, 1.165) is 12.8 Å². The van der Waals surface area contributed by atoms with Gasteiger partial charge >= 0.3 is 5.97 Å². The number of hydrogen-bond acceptors (Lipinski definition) is 5. The summed E-state index contributed by atoms with van der Waals surface area (Å²) in [5.74, 6) is 0.713. The fraction of sp³-hybridized carbons (Fsp3) is 0.769. The second-order valence-corrected chi connectivity index (χ2v) is 6.82. The average Bonchev–Trinajstić information content (AvgIpc) is 2.71. The largest absolute Gasteiger partial charge is 0.481 e. The average molecular weight is 265 g/mol. The maximum atomic E-state index is 11.2. The standard InChI is InChI=1S/C13H19N3O3/c1-12(2,3)9-15-11(16-19-9)14-8-4-7-5-13(7,6-8)10(17)18/h7-8H,4-6H2,1-3H3,(H,14,16)(H,17,18)/t7-,8+,13+/m0/s1. The number of carbonyl (C=O) groups is 1. The molecule has 3 rings (SSSR count). The minimum Gasteiger partial charge on any atom is -0.481 e. The predicted molar refractivity (Wildman–Crippen MR) is 67.8 cm³/mol. The third-order valence-electron chi connectivity index (χ3n) is 4.24. The van der Waals surface area contributed by atoms with Crippen molar-refractivity contribution >= 4 is 11.9 Å². The Bertz CT molecular complexity index is 519. The molecule has 19 heavy (non-hydrogen) atoms. The smallest absolute Gasteiger partial charge is 0.310 e. The molecule has 1 aromatic heterocycles. The molecule has 2 aliphatic carbocycles. The Balaban J connectivity index is 1.65. The maximum absolute atomic E-state index is 11.2. The van der Waals surface area contributed by atoms with Gasteiger partial charge in [-0.3, -0.25) is 4.79 Å². The van der Waals surface area contributed by atoms with Crippen molar-refractivity contribution in [1.82, 2.24) is 10.1 Å². The van der Waals surface area contributed by atoms with E-state index in [4.69, 9.17) is 4.52 Å². The lowest BCUT2D eigenvalue weighted by Gasteiger charge is -2.14. The molecule has 1 heterocycles. The highest BCUT2D eigenvalue weighted by Gasteiger charge is 2.65. The summed E-state index contributed by atoms with van der Waals surface area (Å²) in [5.41, 5.74) is -0.651. The van der Waals surface area contributed by atoms with Gasteiger partial charge in [0.05, 0.1) is 5.41 Å². The van der Waals surface area contributed by atoms with Gasteiger partial charge in [-0.1, -0.05) is 20.8 Å². The lowest BCUT2D eigenvalue weighted by Crippen LogP contribution is -2.23. The van der Waals surface area contributed by atoms with Gasteiger partial charge in [-0.15, -0.1) is 0 Å². The summed E-state index contributed by atoms with van der Waals surface area (Å²) in [4.78, 5) is 15.5. The first-order chi connectivity index (χ1) is 8.81. The first-order valence-corrected chi connectivity index (χ1v) is 6.65. The summed E-state index contributed by atoms with van der Waals surface area (Å²) in [6, 6.07) is 0.139. The van der Waals surface area contributed by atoms with Crippen molar-refractivity contribution in [3.63, 3.8) is 0 Å². The van der Waals surface area contributed by atoms with Crippen LogP contribution in [0.25, 0.3) is 0 Å². The first-order valence-electron chi connectivity index (χ1n) is 6.65. The number of rotatable bonds is 3. The van der Waals surface area contributed by atoms with Gasteiger partial charge in [-0.25, -0.2) is 0 Å². The minimum atomic E-state index is -0.662. The SMILES string of the molecule is CC(C)(C)c1nc(N[C@@H]2C[C@H]3C[C@@]3(C(=O)O)C2)no1. The van der Waals surface area contributed by atoms with E-state index >= 15 is 0 Å². The van der Waals surface area contributed by atoms with Crippen molar-refractivity contribution in [2.75, 3.05) is 5.32 Å². The second-order valence-electron chi connectivity index (χ2n) is 6.82. The molecule has 0 unspecified atom stereocenters. The van der Waals surface area contributed by atoms with Crippen molar-refractivity contribution in [2.24, 2.45) is 11.3 Å². The molecular weight excluding hydrogens is 246 g/mol. The Hall–Kier alpha value is -1.59.